The number of rotatable bonds is 2. The summed E-state index contributed by atoms with van der Waals surface area (Å²) >= 11 is 0. The van der Waals surface area contributed by atoms with Gasteiger partial charge in [0.25, 0.3) is 5.97 Å². The van der Waals surface area contributed by atoms with Gasteiger partial charge in [0.1, 0.15) is 5.52 Å². The van der Waals surface area contributed by atoms with E-state index >= 15 is 0 Å². The van der Waals surface area contributed by atoms with Gasteiger partial charge < -0.3 is 20.3 Å². The molecule has 1 aliphatic heterocycles. The highest BCUT2D eigenvalue weighted by molar-refractivity contribution is 5.84. The molecule has 0 aromatic carbocycles. The van der Waals surface area contributed by atoms with Gasteiger partial charge in [-0.2, -0.15) is 9.97 Å². The Bertz CT molecular complexity index is 666. The summed E-state index contributed by atoms with van der Waals surface area (Å²) in [6.07, 6.45) is 4.13. The second-order valence-corrected chi connectivity index (χ2v) is 6.56. The maximum atomic E-state index is 9.00. The molecule has 0 bridgehead atoms. The van der Waals surface area contributed by atoms with Crippen molar-refractivity contribution in [2.45, 2.75) is 46.1 Å². The minimum atomic E-state index is -0.833. The molecule has 126 valence electrons. The van der Waals surface area contributed by atoms with Crippen molar-refractivity contribution in [3.05, 3.63) is 6.33 Å². The largest absolute Gasteiger partial charge is 0.481 e. The van der Waals surface area contributed by atoms with Crippen LogP contribution in [0.4, 0.5) is 11.8 Å². The van der Waals surface area contributed by atoms with E-state index in [9.17, 15) is 0 Å². The first-order chi connectivity index (χ1) is 10.8. The lowest BCUT2D eigenvalue weighted by molar-refractivity contribution is -0.134. The van der Waals surface area contributed by atoms with Crippen LogP contribution in [0.3, 0.4) is 0 Å². The van der Waals surface area contributed by atoms with Crippen LogP contribution >= 0.6 is 0 Å². The van der Waals surface area contributed by atoms with Gasteiger partial charge in [0.15, 0.2) is 11.5 Å². The third kappa shape index (κ3) is 4.80. The molecule has 8 heteroatoms. The smallest absolute Gasteiger partial charge is 0.300 e. The van der Waals surface area contributed by atoms with Crippen LogP contribution in [0, 0.1) is 0 Å². The number of hydrogen-bond donors (Lipinski definition) is 3. The summed E-state index contributed by atoms with van der Waals surface area (Å²) in [6.45, 7) is 9.49. The lowest BCUT2D eigenvalue weighted by atomic mass is 10.1. The van der Waals surface area contributed by atoms with Crippen molar-refractivity contribution >= 4 is 28.9 Å². The molecule has 3 rings (SSSR count). The Balaban J connectivity index is 0.000000433. The van der Waals surface area contributed by atoms with E-state index in [1.807, 2.05) is 0 Å². The number of carboxylic acids is 1. The van der Waals surface area contributed by atoms with E-state index in [0.29, 0.717) is 5.95 Å². The zero-order chi connectivity index (χ0) is 17.0. The van der Waals surface area contributed by atoms with Crippen LogP contribution < -0.4 is 10.2 Å². The molecule has 2 aromatic rings. The first-order valence-electron chi connectivity index (χ1n) is 7.70. The number of nitrogens with zero attached hydrogens (tertiary/aromatic N) is 4. The van der Waals surface area contributed by atoms with Crippen LogP contribution in [0.2, 0.25) is 0 Å². The molecule has 1 aliphatic rings. The van der Waals surface area contributed by atoms with Gasteiger partial charge in [-0.15, -0.1) is 0 Å². The second-order valence-electron chi connectivity index (χ2n) is 6.56. The number of anilines is 2. The van der Waals surface area contributed by atoms with Gasteiger partial charge in [0, 0.05) is 25.6 Å². The molecular formula is C15H24N6O2. The van der Waals surface area contributed by atoms with Crippen LogP contribution in [0.15, 0.2) is 6.33 Å². The molecule has 2 aromatic heterocycles. The van der Waals surface area contributed by atoms with E-state index < -0.39 is 5.97 Å². The van der Waals surface area contributed by atoms with E-state index in [2.05, 4.69) is 50.9 Å². The highest BCUT2D eigenvalue weighted by Crippen LogP contribution is 2.26. The standard InChI is InChI=1S/C13H20N6.C2H4O2/c1-13(2,3)18-12-16-10-9(14-8-15-10)11(17-12)19-6-4-5-7-19;1-2(3)4/h8H,4-7H2,1-3H3,(H2,14,15,16,17,18);1H3,(H,3,4). The number of aliphatic carboxylic acids is 1. The number of H-pyrrole nitrogens is 1. The number of carboxylic acid groups (broad SMARTS) is 1. The van der Waals surface area contributed by atoms with Gasteiger partial charge >= 0.3 is 0 Å². The molecule has 0 radical (unpaired) electrons. The molecule has 1 saturated heterocycles. The fraction of sp³-hybridized carbons (Fsp3) is 0.600. The van der Waals surface area contributed by atoms with Crippen LogP contribution in [0.25, 0.3) is 11.2 Å². The Kier molecular flexibility index (Phi) is 5.02. The van der Waals surface area contributed by atoms with Gasteiger partial charge in [-0.05, 0) is 33.6 Å². The van der Waals surface area contributed by atoms with Crippen molar-refractivity contribution in [1.82, 2.24) is 19.9 Å². The predicted octanol–water partition coefficient (Wildman–Crippen LogP) is 2.25. The maximum Gasteiger partial charge on any atom is 0.300 e. The third-order valence-electron chi connectivity index (χ3n) is 3.16. The molecule has 0 atom stereocenters. The van der Waals surface area contributed by atoms with E-state index in [-0.39, 0.29) is 5.54 Å². The van der Waals surface area contributed by atoms with Gasteiger partial charge in [0.2, 0.25) is 5.95 Å². The first kappa shape index (κ1) is 17.0. The average molecular weight is 320 g/mol. The van der Waals surface area contributed by atoms with Crippen LogP contribution in [0.1, 0.15) is 40.5 Å². The molecule has 3 N–H and O–H groups in total. The van der Waals surface area contributed by atoms with Crippen LogP contribution in [-0.2, 0) is 4.79 Å². The molecule has 3 heterocycles. The molecule has 0 spiro atoms. The maximum absolute atomic E-state index is 9.00. The summed E-state index contributed by atoms with van der Waals surface area (Å²) in [7, 11) is 0. The van der Waals surface area contributed by atoms with Gasteiger partial charge in [-0.25, -0.2) is 4.98 Å². The summed E-state index contributed by atoms with van der Waals surface area (Å²) < 4.78 is 0. The number of aromatic amines is 1. The predicted molar refractivity (Wildman–Crippen MR) is 89.8 cm³/mol. The number of imidazole rings is 1. The summed E-state index contributed by atoms with van der Waals surface area (Å²) in [5, 5.41) is 10.7. The highest BCUT2D eigenvalue weighted by atomic mass is 16.4. The van der Waals surface area contributed by atoms with Crippen molar-refractivity contribution in [3.63, 3.8) is 0 Å². The molecule has 0 aliphatic carbocycles. The SMILES string of the molecule is CC(=O)O.CC(C)(C)Nc1nc(N2CCCC2)c2[nH]cnc2n1. The summed E-state index contributed by atoms with van der Waals surface area (Å²) in [6, 6.07) is 0. The monoisotopic (exact) mass is 320 g/mol. The summed E-state index contributed by atoms with van der Waals surface area (Å²) in [4.78, 5) is 27.9. The molecular weight excluding hydrogens is 296 g/mol. The molecule has 0 saturated carbocycles. The van der Waals surface area contributed by atoms with Gasteiger partial charge in [0.05, 0.1) is 6.33 Å². The number of hydrogen-bond acceptors (Lipinski definition) is 6. The molecule has 0 amide bonds. The van der Waals surface area contributed by atoms with Crippen LogP contribution in [-0.4, -0.2) is 49.6 Å². The Morgan fingerprint density at radius 2 is 1.91 bits per heavy atom. The molecule has 1 fully saturated rings. The Morgan fingerprint density at radius 1 is 1.30 bits per heavy atom. The molecule has 0 unspecified atom stereocenters. The number of nitrogens with one attached hydrogen (secondary N) is 2. The zero-order valence-corrected chi connectivity index (χ0v) is 14.1. The Hall–Kier alpha value is -2.38. The average Bonchev–Trinajstić information content (AvgIpc) is 3.06. The Labute approximate surface area is 135 Å². The quantitative estimate of drug-likeness (QED) is 0.779. The fourth-order valence-corrected chi connectivity index (χ4v) is 2.37. The summed E-state index contributed by atoms with van der Waals surface area (Å²) in [5.41, 5.74) is 1.59. The molecule has 8 nitrogen and oxygen atoms in total. The van der Waals surface area contributed by atoms with Crippen LogP contribution in [0.5, 0.6) is 0 Å². The normalized spacial score (nSPS) is 14.5. The van der Waals surface area contributed by atoms with Crippen molar-refractivity contribution in [2.75, 3.05) is 23.3 Å². The number of aromatic nitrogens is 4. The second kappa shape index (κ2) is 6.80. The van der Waals surface area contributed by atoms with Crippen molar-refractivity contribution in [3.8, 4) is 0 Å². The van der Waals surface area contributed by atoms with E-state index in [1.165, 1.54) is 12.8 Å². The molecule has 23 heavy (non-hydrogen) atoms. The number of carbonyl (C=O) groups is 1. The van der Waals surface area contributed by atoms with Crippen molar-refractivity contribution < 1.29 is 9.90 Å². The highest BCUT2D eigenvalue weighted by Gasteiger charge is 2.20. The third-order valence-corrected chi connectivity index (χ3v) is 3.16. The van der Waals surface area contributed by atoms with E-state index in [4.69, 9.17) is 9.90 Å². The zero-order valence-electron chi connectivity index (χ0n) is 14.1. The summed E-state index contributed by atoms with van der Waals surface area (Å²) in [5.74, 6) is 0.778. The lowest BCUT2D eigenvalue weighted by Gasteiger charge is -2.22. The van der Waals surface area contributed by atoms with Gasteiger partial charge in [-0.1, -0.05) is 0 Å². The lowest BCUT2D eigenvalue weighted by Crippen LogP contribution is -2.28. The topological polar surface area (TPSA) is 107 Å². The van der Waals surface area contributed by atoms with Crippen molar-refractivity contribution in [1.29, 1.82) is 0 Å². The number of fused-ring (bicyclic) bond motifs is 1. The van der Waals surface area contributed by atoms with Crippen molar-refractivity contribution in [2.24, 2.45) is 0 Å². The van der Waals surface area contributed by atoms with E-state index in [0.717, 1.165) is 37.0 Å². The first-order valence-corrected chi connectivity index (χ1v) is 7.70. The minimum Gasteiger partial charge on any atom is -0.481 e. The minimum absolute atomic E-state index is 0.0632. The van der Waals surface area contributed by atoms with Gasteiger partial charge in [-0.3, -0.25) is 4.79 Å². The van der Waals surface area contributed by atoms with E-state index in [1.54, 1.807) is 6.33 Å². The Morgan fingerprint density at radius 3 is 2.48 bits per heavy atom. The fourth-order valence-electron chi connectivity index (χ4n) is 2.37.